The molecule has 1 aromatic rings. The molecule has 0 heterocycles. The second kappa shape index (κ2) is 4.95. The minimum absolute atomic E-state index is 0.0425. The van der Waals surface area contributed by atoms with E-state index in [1.165, 1.54) is 12.1 Å². The highest BCUT2D eigenvalue weighted by molar-refractivity contribution is 7.89. The Morgan fingerprint density at radius 1 is 1.44 bits per heavy atom. The molecule has 4 nitrogen and oxygen atoms in total. The van der Waals surface area contributed by atoms with Crippen molar-refractivity contribution < 1.29 is 12.8 Å². The van der Waals surface area contributed by atoms with Crippen molar-refractivity contribution in [2.45, 2.75) is 30.7 Å². The maximum atomic E-state index is 13.2. The molecule has 0 aliphatic heterocycles. The molecule has 0 amide bonds. The summed E-state index contributed by atoms with van der Waals surface area (Å²) in [4.78, 5) is -0.0425. The Labute approximate surface area is 106 Å². The van der Waals surface area contributed by atoms with E-state index >= 15 is 0 Å². The minimum atomic E-state index is -3.69. The summed E-state index contributed by atoms with van der Waals surface area (Å²) < 4.78 is 40.0. The molecule has 1 unspecified atom stereocenters. The van der Waals surface area contributed by atoms with Crippen LogP contribution in [0.3, 0.4) is 0 Å². The number of benzene rings is 1. The fraction of sp³-hybridized carbons (Fsp3) is 0.500. The fourth-order valence-corrected chi connectivity index (χ4v) is 3.39. The van der Waals surface area contributed by atoms with Gasteiger partial charge in [0.1, 0.15) is 5.82 Å². The van der Waals surface area contributed by atoms with Gasteiger partial charge in [-0.2, -0.15) is 0 Å². The number of hydrogen-bond donors (Lipinski definition) is 2. The summed E-state index contributed by atoms with van der Waals surface area (Å²) in [6.07, 6.45) is 1.99. The van der Waals surface area contributed by atoms with Crippen molar-refractivity contribution in [3.63, 3.8) is 0 Å². The largest absolute Gasteiger partial charge is 0.329 e. The molecule has 1 saturated carbocycles. The number of nitrogens with one attached hydrogen (secondary N) is 1. The number of nitrogens with two attached hydrogens (primary N) is 1. The van der Waals surface area contributed by atoms with Crippen LogP contribution in [0.1, 0.15) is 18.4 Å². The Bertz CT molecular complexity index is 521. The lowest BCUT2D eigenvalue weighted by Crippen LogP contribution is -2.41. The van der Waals surface area contributed by atoms with Gasteiger partial charge in [-0.3, -0.25) is 0 Å². The molecule has 0 spiro atoms. The Morgan fingerprint density at radius 2 is 2.11 bits per heavy atom. The number of sulfonamides is 1. The maximum Gasteiger partial charge on any atom is 0.240 e. The monoisotopic (exact) mass is 272 g/mol. The van der Waals surface area contributed by atoms with Crippen LogP contribution in [0, 0.1) is 18.7 Å². The average Bonchev–Trinajstić information content (AvgIpc) is 3.08. The fourth-order valence-electron chi connectivity index (χ4n) is 1.96. The highest BCUT2D eigenvalue weighted by atomic mass is 32.2. The van der Waals surface area contributed by atoms with Gasteiger partial charge in [0.15, 0.2) is 0 Å². The van der Waals surface area contributed by atoms with Gasteiger partial charge in [-0.25, -0.2) is 17.5 Å². The van der Waals surface area contributed by atoms with Crippen molar-refractivity contribution in [3.8, 4) is 0 Å². The molecule has 1 atom stereocenters. The van der Waals surface area contributed by atoms with Crippen LogP contribution in [0.5, 0.6) is 0 Å². The molecule has 100 valence electrons. The maximum absolute atomic E-state index is 13.2. The smallest absolute Gasteiger partial charge is 0.240 e. The minimum Gasteiger partial charge on any atom is -0.329 e. The first-order valence-electron chi connectivity index (χ1n) is 5.92. The lowest BCUT2D eigenvalue weighted by atomic mass is 10.2. The number of hydrogen-bond acceptors (Lipinski definition) is 3. The Morgan fingerprint density at radius 3 is 2.61 bits per heavy atom. The van der Waals surface area contributed by atoms with Gasteiger partial charge < -0.3 is 5.73 Å². The predicted octanol–water partition coefficient (Wildman–Crippen LogP) is 1.15. The van der Waals surface area contributed by atoms with E-state index in [2.05, 4.69) is 4.72 Å². The van der Waals surface area contributed by atoms with Crippen molar-refractivity contribution in [1.82, 2.24) is 4.72 Å². The van der Waals surface area contributed by atoms with Crippen LogP contribution in [0.25, 0.3) is 0 Å². The van der Waals surface area contributed by atoms with Crippen molar-refractivity contribution in [1.29, 1.82) is 0 Å². The van der Waals surface area contributed by atoms with Crippen LogP contribution in [0.2, 0.25) is 0 Å². The summed E-state index contributed by atoms with van der Waals surface area (Å²) >= 11 is 0. The molecule has 1 aliphatic carbocycles. The summed E-state index contributed by atoms with van der Waals surface area (Å²) in [6.45, 7) is 1.92. The molecule has 2 rings (SSSR count). The SMILES string of the molecule is Cc1cc(F)cc(S(=O)(=O)NC(CN)C2CC2)c1. The van der Waals surface area contributed by atoms with Crippen LogP contribution < -0.4 is 10.5 Å². The third kappa shape index (κ3) is 3.07. The molecule has 1 aromatic carbocycles. The van der Waals surface area contributed by atoms with E-state index in [4.69, 9.17) is 5.73 Å². The van der Waals surface area contributed by atoms with E-state index in [1.807, 2.05) is 0 Å². The van der Waals surface area contributed by atoms with Crippen molar-refractivity contribution >= 4 is 10.0 Å². The number of halogens is 1. The molecule has 6 heteroatoms. The van der Waals surface area contributed by atoms with Gasteiger partial charge in [0.2, 0.25) is 10.0 Å². The van der Waals surface area contributed by atoms with E-state index in [0.29, 0.717) is 11.5 Å². The molecule has 0 bridgehead atoms. The summed E-state index contributed by atoms with van der Waals surface area (Å²) in [5.41, 5.74) is 6.13. The van der Waals surface area contributed by atoms with E-state index in [-0.39, 0.29) is 17.5 Å². The van der Waals surface area contributed by atoms with E-state index in [9.17, 15) is 12.8 Å². The number of rotatable bonds is 5. The van der Waals surface area contributed by atoms with Gasteiger partial charge in [0.25, 0.3) is 0 Å². The van der Waals surface area contributed by atoms with Gasteiger partial charge >= 0.3 is 0 Å². The first kappa shape index (κ1) is 13.5. The standard InChI is InChI=1S/C12H17FN2O2S/c1-8-4-10(13)6-11(5-8)18(16,17)15-12(7-14)9-2-3-9/h4-6,9,12,15H,2-3,7,14H2,1H3. The number of aryl methyl sites for hydroxylation is 1. The first-order chi connectivity index (χ1) is 8.42. The summed E-state index contributed by atoms with van der Waals surface area (Å²) in [5.74, 6) is -0.231. The third-order valence-electron chi connectivity index (χ3n) is 3.08. The highest BCUT2D eigenvalue weighted by Gasteiger charge is 2.33. The van der Waals surface area contributed by atoms with Crippen molar-refractivity contribution in [2.75, 3.05) is 6.54 Å². The van der Waals surface area contributed by atoms with Gasteiger partial charge in [-0.15, -0.1) is 0 Å². The zero-order valence-corrected chi connectivity index (χ0v) is 11.0. The third-order valence-corrected chi connectivity index (χ3v) is 4.55. The lowest BCUT2D eigenvalue weighted by Gasteiger charge is -2.16. The summed E-state index contributed by atoms with van der Waals surface area (Å²) in [6, 6.07) is 3.51. The van der Waals surface area contributed by atoms with E-state index in [0.717, 1.165) is 18.9 Å². The molecule has 1 fully saturated rings. The van der Waals surface area contributed by atoms with Crippen molar-refractivity contribution in [2.24, 2.45) is 11.7 Å². The zero-order chi connectivity index (χ0) is 13.3. The first-order valence-corrected chi connectivity index (χ1v) is 7.40. The van der Waals surface area contributed by atoms with Crippen LogP contribution in [-0.2, 0) is 10.0 Å². The summed E-state index contributed by atoms with van der Waals surface area (Å²) in [5, 5.41) is 0. The molecule has 1 aliphatic rings. The predicted molar refractivity (Wildman–Crippen MR) is 67.0 cm³/mol. The van der Waals surface area contributed by atoms with Gasteiger partial charge in [0.05, 0.1) is 4.90 Å². The van der Waals surface area contributed by atoms with Crippen LogP contribution in [0.15, 0.2) is 23.1 Å². The van der Waals surface area contributed by atoms with Crippen molar-refractivity contribution in [3.05, 3.63) is 29.6 Å². The molecule has 3 N–H and O–H groups in total. The average molecular weight is 272 g/mol. The summed E-state index contributed by atoms with van der Waals surface area (Å²) in [7, 11) is -3.69. The Hall–Kier alpha value is -0.980. The lowest BCUT2D eigenvalue weighted by molar-refractivity contribution is 0.518. The molecule has 18 heavy (non-hydrogen) atoms. The highest BCUT2D eigenvalue weighted by Crippen LogP contribution is 2.32. The molecule has 0 saturated heterocycles. The second-order valence-corrected chi connectivity index (χ2v) is 6.48. The van der Waals surface area contributed by atoms with Crippen LogP contribution in [0.4, 0.5) is 4.39 Å². The molecular weight excluding hydrogens is 255 g/mol. The van der Waals surface area contributed by atoms with Gasteiger partial charge in [-0.1, -0.05) is 0 Å². The quantitative estimate of drug-likeness (QED) is 0.844. The Kier molecular flexibility index (Phi) is 3.70. The molecule has 0 radical (unpaired) electrons. The Balaban J connectivity index is 2.23. The van der Waals surface area contributed by atoms with E-state index in [1.54, 1.807) is 6.92 Å². The topological polar surface area (TPSA) is 72.2 Å². The van der Waals surface area contributed by atoms with Crippen LogP contribution in [-0.4, -0.2) is 21.0 Å². The van der Waals surface area contributed by atoms with Gasteiger partial charge in [-0.05, 0) is 49.4 Å². The van der Waals surface area contributed by atoms with Crippen LogP contribution >= 0.6 is 0 Å². The van der Waals surface area contributed by atoms with Gasteiger partial charge in [0, 0.05) is 12.6 Å². The van der Waals surface area contributed by atoms with E-state index < -0.39 is 15.8 Å². The second-order valence-electron chi connectivity index (χ2n) is 4.77. The zero-order valence-electron chi connectivity index (χ0n) is 10.2. The molecular formula is C12H17FN2O2S. The normalized spacial score (nSPS) is 17.7. The molecule has 0 aromatic heterocycles.